The topological polar surface area (TPSA) is 49.3 Å². The Labute approximate surface area is 95.8 Å². The minimum absolute atomic E-state index is 0.455. The summed E-state index contributed by atoms with van der Waals surface area (Å²) in [4.78, 5) is 11.3. The monoisotopic (exact) mass is 219 g/mol. The van der Waals surface area contributed by atoms with Gasteiger partial charge in [-0.15, -0.1) is 6.58 Å². The lowest BCUT2D eigenvalue weighted by Crippen LogP contribution is -2.46. The zero-order valence-corrected chi connectivity index (χ0v) is 9.66. The highest BCUT2D eigenvalue weighted by Gasteiger charge is 2.33. The summed E-state index contributed by atoms with van der Waals surface area (Å²) in [6, 6.07) is 7.48. The van der Waals surface area contributed by atoms with Crippen molar-refractivity contribution in [3.8, 4) is 0 Å². The van der Waals surface area contributed by atoms with Crippen LogP contribution in [0.1, 0.15) is 18.1 Å². The molecule has 0 radical (unpaired) electrons. The fourth-order valence-corrected chi connectivity index (χ4v) is 1.46. The maximum atomic E-state index is 11.3. The standard InChI is InChI=1S/C13H17NO2/c1-4-9-14-13(3,12(15)16)11-7-5-10(2)6-8-11/h4-8,14H,1,9H2,2-3H3,(H,15,16). The van der Waals surface area contributed by atoms with Crippen LogP contribution in [0.4, 0.5) is 0 Å². The van der Waals surface area contributed by atoms with Crippen LogP contribution in [-0.2, 0) is 10.3 Å². The van der Waals surface area contributed by atoms with Gasteiger partial charge in [-0.3, -0.25) is 5.32 Å². The van der Waals surface area contributed by atoms with E-state index in [2.05, 4.69) is 11.9 Å². The molecule has 1 rings (SSSR count). The smallest absolute Gasteiger partial charge is 0.328 e. The van der Waals surface area contributed by atoms with Crippen LogP contribution in [-0.4, -0.2) is 17.6 Å². The molecule has 0 heterocycles. The number of benzene rings is 1. The van der Waals surface area contributed by atoms with Crippen LogP contribution in [0.3, 0.4) is 0 Å². The Bertz CT molecular complexity index is 383. The van der Waals surface area contributed by atoms with Crippen molar-refractivity contribution in [2.24, 2.45) is 0 Å². The third-order valence-electron chi connectivity index (χ3n) is 2.66. The number of carboxylic acids is 1. The molecule has 16 heavy (non-hydrogen) atoms. The van der Waals surface area contributed by atoms with Crippen LogP contribution in [0.15, 0.2) is 36.9 Å². The predicted octanol–water partition coefficient (Wildman–Crippen LogP) is 2.07. The molecule has 0 saturated carbocycles. The van der Waals surface area contributed by atoms with Crippen LogP contribution in [0, 0.1) is 6.92 Å². The molecule has 3 heteroatoms. The molecule has 0 bridgehead atoms. The van der Waals surface area contributed by atoms with Gasteiger partial charge in [-0.25, -0.2) is 4.79 Å². The van der Waals surface area contributed by atoms with Crippen LogP contribution in [0.2, 0.25) is 0 Å². The summed E-state index contributed by atoms with van der Waals surface area (Å²) < 4.78 is 0. The summed E-state index contributed by atoms with van der Waals surface area (Å²) >= 11 is 0. The lowest BCUT2D eigenvalue weighted by atomic mass is 9.91. The molecule has 0 aliphatic carbocycles. The second-order valence-electron chi connectivity index (χ2n) is 3.97. The highest BCUT2D eigenvalue weighted by atomic mass is 16.4. The molecule has 0 fully saturated rings. The minimum atomic E-state index is -1.07. The van der Waals surface area contributed by atoms with Gasteiger partial charge in [0.25, 0.3) is 0 Å². The quantitative estimate of drug-likeness (QED) is 0.745. The Morgan fingerprint density at radius 2 is 2.06 bits per heavy atom. The maximum Gasteiger partial charge on any atom is 0.328 e. The first-order valence-electron chi connectivity index (χ1n) is 5.17. The molecule has 0 saturated heterocycles. The van der Waals surface area contributed by atoms with Crippen molar-refractivity contribution in [2.75, 3.05) is 6.54 Å². The summed E-state index contributed by atoms with van der Waals surface area (Å²) in [5.74, 6) is -0.891. The first kappa shape index (κ1) is 12.5. The molecule has 0 spiro atoms. The number of hydrogen-bond acceptors (Lipinski definition) is 2. The average Bonchev–Trinajstić information content (AvgIpc) is 2.26. The maximum absolute atomic E-state index is 11.3. The first-order chi connectivity index (χ1) is 7.50. The first-order valence-corrected chi connectivity index (χ1v) is 5.17. The zero-order chi connectivity index (χ0) is 12.2. The highest BCUT2D eigenvalue weighted by molar-refractivity contribution is 5.80. The normalized spacial score (nSPS) is 14.1. The van der Waals surface area contributed by atoms with Crippen molar-refractivity contribution in [1.82, 2.24) is 5.32 Å². The van der Waals surface area contributed by atoms with Crippen LogP contribution in [0.25, 0.3) is 0 Å². The molecular weight excluding hydrogens is 202 g/mol. The van der Waals surface area contributed by atoms with Gasteiger partial charge in [-0.05, 0) is 19.4 Å². The van der Waals surface area contributed by atoms with Gasteiger partial charge < -0.3 is 5.11 Å². The number of carboxylic acid groups (broad SMARTS) is 1. The summed E-state index contributed by atoms with van der Waals surface area (Å²) in [6.45, 7) is 7.66. The van der Waals surface area contributed by atoms with E-state index in [0.717, 1.165) is 11.1 Å². The Kier molecular flexibility index (Phi) is 3.85. The number of hydrogen-bond donors (Lipinski definition) is 2. The fourth-order valence-electron chi connectivity index (χ4n) is 1.46. The van der Waals surface area contributed by atoms with E-state index in [1.54, 1.807) is 13.0 Å². The largest absolute Gasteiger partial charge is 0.480 e. The van der Waals surface area contributed by atoms with Gasteiger partial charge in [-0.1, -0.05) is 35.9 Å². The van der Waals surface area contributed by atoms with E-state index in [1.807, 2.05) is 31.2 Å². The van der Waals surface area contributed by atoms with Crippen molar-refractivity contribution in [2.45, 2.75) is 19.4 Å². The van der Waals surface area contributed by atoms with Crippen LogP contribution < -0.4 is 5.32 Å². The predicted molar refractivity (Wildman–Crippen MR) is 64.4 cm³/mol. The average molecular weight is 219 g/mol. The second kappa shape index (κ2) is 4.94. The third-order valence-corrected chi connectivity index (χ3v) is 2.66. The summed E-state index contributed by atoms with van der Waals surface area (Å²) in [7, 11) is 0. The van der Waals surface area contributed by atoms with Crippen molar-refractivity contribution in [3.63, 3.8) is 0 Å². The molecular formula is C13H17NO2. The lowest BCUT2D eigenvalue weighted by molar-refractivity contribution is -0.144. The van der Waals surface area contributed by atoms with E-state index in [9.17, 15) is 9.90 Å². The Morgan fingerprint density at radius 3 is 2.50 bits per heavy atom. The molecule has 1 aromatic rings. The number of aliphatic carboxylic acids is 1. The van der Waals surface area contributed by atoms with Crippen molar-refractivity contribution in [3.05, 3.63) is 48.0 Å². The van der Waals surface area contributed by atoms with Crippen molar-refractivity contribution < 1.29 is 9.90 Å². The highest BCUT2D eigenvalue weighted by Crippen LogP contribution is 2.21. The summed E-state index contributed by atoms with van der Waals surface area (Å²) in [5.41, 5.74) is 0.787. The lowest BCUT2D eigenvalue weighted by Gasteiger charge is -2.26. The number of aryl methyl sites for hydroxylation is 1. The SMILES string of the molecule is C=CCNC(C)(C(=O)O)c1ccc(C)cc1. The van der Waals surface area contributed by atoms with E-state index in [-0.39, 0.29) is 0 Å². The van der Waals surface area contributed by atoms with Crippen molar-refractivity contribution in [1.29, 1.82) is 0 Å². The molecule has 1 unspecified atom stereocenters. The van der Waals surface area contributed by atoms with Gasteiger partial charge in [0.15, 0.2) is 0 Å². The van der Waals surface area contributed by atoms with E-state index in [1.165, 1.54) is 0 Å². The minimum Gasteiger partial charge on any atom is -0.480 e. The molecule has 1 aromatic carbocycles. The Morgan fingerprint density at radius 1 is 1.50 bits per heavy atom. The van der Waals surface area contributed by atoms with Gasteiger partial charge in [-0.2, -0.15) is 0 Å². The Balaban J connectivity index is 3.05. The third kappa shape index (κ3) is 2.49. The summed E-state index contributed by atoms with van der Waals surface area (Å²) in [6.07, 6.45) is 1.65. The number of carbonyl (C=O) groups is 1. The zero-order valence-electron chi connectivity index (χ0n) is 9.66. The number of rotatable bonds is 5. The number of nitrogens with one attached hydrogen (secondary N) is 1. The molecule has 3 nitrogen and oxygen atoms in total. The molecule has 0 aromatic heterocycles. The van der Waals surface area contributed by atoms with Gasteiger partial charge in [0.2, 0.25) is 0 Å². The fraction of sp³-hybridized carbons (Fsp3) is 0.308. The summed E-state index contributed by atoms with van der Waals surface area (Å²) in [5, 5.41) is 12.2. The van der Waals surface area contributed by atoms with E-state index in [4.69, 9.17) is 0 Å². The molecule has 0 aliphatic rings. The molecule has 86 valence electrons. The van der Waals surface area contributed by atoms with E-state index < -0.39 is 11.5 Å². The van der Waals surface area contributed by atoms with Gasteiger partial charge in [0.05, 0.1) is 0 Å². The van der Waals surface area contributed by atoms with Crippen molar-refractivity contribution >= 4 is 5.97 Å². The van der Waals surface area contributed by atoms with Crippen LogP contribution in [0.5, 0.6) is 0 Å². The second-order valence-corrected chi connectivity index (χ2v) is 3.97. The molecule has 2 N–H and O–H groups in total. The molecule has 0 aliphatic heterocycles. The van der Waals surface area contributed by atoms with E-state index in [0.29, 0.717) is 6.54 Å². The molecule has 0 amide bonds. The van der Waals surface area contributed by atoms with E-state index >= 15 is 0 Å². The van der Waals surface area contributed by atoms with Gasteiger partial charge in [0, 0.05) is 6.54 Å². The Hall–Kier alpha value is -1.61. The molecule has 1 atom stereocenters. The van der Waals surface area contributed by atoms with Crippen LogP contribution >= 0.6 is 0 Å². The van der Waals surface area contributed by atoms with Gasteiger partial charge in [0.1, 0.15) is 5.54 Å². The van der Waals surface area contributed by atoms with Gasteiger partial charge >= 0.3 is 5.97 Å².